The van der Waals surface area contributed by atoms with E-state index in [0.717, 1.165) is 25.1 Å². The van der Waals surface area contributed by atoms with Gasteiger partial charge in [-0.15, -0.1) is 0 Å². The van der Waals surface area contributed by atoms with E-state index in [1.807, 2.05) is 4.68 Å². The molecule has 0 saturated carbocycles. The zero-order valence-corrected chi connectivity index (χ0v) is 19.1. The Bertz CT molecular complexity index is 724. The Labute approximate surface area is 175 Å². The molecule has 164 valence electrons. The number of unbranched alkanes of at least 4 members (excludes halogenated alkanes) is 1. The molecule has 2 aliphatic rings. The van der Waals surface area contributed by atoms with E-state index >= 15 is 0 Å². The van der Waals surface area contributed by atoms with Crippen LogP contribution in [0.15, 0.2) is 6.20 Å². The minimum Gasteiger partial charge on any atom is -0.367 e. The number of nitrogens with one attached hydrogen (secondary N) is 1. The highest BCUT2D eigenvalue weighted by Crippen LogP contribution is 2.41. The normalized spacial score (nSPS) is 26.1. The molecule has 1 N–H and O–H groups in total. The zero-order chi connectivity index (χ0) is 21.4. The van der Waals surface area contributed by atoms with E-state index < -0.39 is 6.17 Å². The number of anilines is 1. The maximum atomic E-state index is 14.4. The van der Waals surface area contributed by atoms with Crippen LogP contribution < -0.4 is 5.32 Å². The molecule has 6 heteroatoms. The first kappa shape index (κ1) is 22.1. The number of amides is 1. The molecule has 0 bridgehead atoms. The maximum Gasteiger partial charge on any atom is 0.259 e. The van der Waals surface area contributed by atoms with Gasteiger partial charge in [0.2, 0.25) is 0 Å². The van der Waals surface area contributed by atoms with Gasteiger partial charge in [-0.2, -0.15) is 5.10 Å². The van der Waals surface area contributed by atoms with Gasteiger partial charge < -0.3 is 10.2 Å². The minimum atomic E-state index is -0.948. The molecule has 2 unspecified atom stereocenters. The van der Waals surface area contributed by atoms with Crippen LogP contribution in [0, 0.1) is 5.92 Å². The molecule has 3 rings (SSSR count). The second-order valence-corrected chi connectivity index (χ2v) is 9.85. The third-order valence-electron chi connectivity index (χ3n) is 7.43. The molecule has 29 heavy (non-hydrogen) atoms. The van der Waals surface area contributed by atoms with Crippen molar-refractivity contribution in [1.29, 1.82) is 0 Å². The lowest BCUT2D eigenvalue weighted by Gasteiger charge is -2.41. The Hall–Kier alpha value is -1.59. The summed E-state index contributed by atoms with van der Waals surface area (Å²) in [7, 11) is 0. The van der Waals surface area contributed by atoms with Crippen LogP contribution in [0.1, 0.15) is 96.8 Å². The van der Waals surface area contributed by atoms with Crippen molar-refractivity contribution in [2.24, 2.45) is 5.92 Å². The first-order valence-corrected chi connectivity index (χ1v) is 11.5. The molecule has 0 radical (unpaired) electrons. The Balaban J connectivity index is 1.92. The van der Waals surface area contributed by atoms with Crippen molar-refractivity contribution < 1.29 is 9.18 Å². The van der Waals surface area contributed by atoms with Gasteiger partial charge in [-0.1, -0.05) is 40.5 Å². The van der Waals surface area contributed by atoms with Gasteiger partial charge in [0.05, 0.1) is 18.3 Å². The van der Waals surface area contributed by atoms with E-state index in [2.05, 4.69) is 52.0 Å². The number of carbonyl (C=O) groups is 1. The van der Waals surface area contributed by atoms with Crippen LogP contribution in [0.4, 0.5) is 10.2 Å². The average molecular weight is 407 g/mol. The molecule has 1 aromatic heterocycles. The Morgan fingerprint density at radius 3 is 2.62 bits per heavy atom. The van der Waals surface area contributed by atoms with Gasteiger partial charge in [-0.25, -0.2) is 9.07 Å². The number of hydrogen-bond donors (Lipinski definition) is 1. The van der Waals surface area contributed by atoms with Crippen molar-refractivity contribution in [2.75, 3.05) is 11.9 Å². The molecule has 1 aromatic rings. The monoisotopic (exact) mass is 406 g/mol. The number of aromatic nitrogens is 2. The first-order valence-electron chi connectivity index (χ1n) is 11.5. The lowest BCUT2D eigenvalue weighted by atomic mass is 9.84. The van der Waals surface area contributed by atoms with Crippen molar-refractivity contribution in [3.63, 3.8) is 0 Å². The standard InChI is InChI=1S/C23H39FN4O/c1-7-10-11-16(4)19-13-22(5,6)28-20(26-19)18(14-25-28)21(29)27-15-17(24)12-23(27,8-2)9-3/h14,16-17,19,26H,7-13,15H2,1-6H3/t16?,17?,19-/m1/s1. The van der Waals surface area contributed by atoms with Gasteiger partial charge in [0.25, 0.3) is 5.91 Å². The number of hydrogen-bond acceptors (Lipinski definition) is 3. The maximum absolute atomic E-state index is 14.4. The molecule has 1 amide bonds. The van der Waals surface area contributed by atoms with Gasteiger partial charge in [-0.3, -0.25) is 4.79 Å². The highest BCUT2D eigenvalue weighted by molar-refractivity contribution is 5.99. The number of fused-ring (bicyclic) bond motifs is 1. The Morgan fingerprint density at radius 1 is 1.31 bits per heavy atom. The van der Waals surface area contributed by atoms with E-state index in [9.17, 15) is 9.18 Å². The second-order valence-electron chi connectivity index (χ2n) is 9.85. The van der Waals surface area contributed by atoms with Crippen molar-refractivity contribution >= 4 is 11.7 Å². The molecule has 5 nitrogen and oxygen atoms in total. The van der Waals surface area contributed by atoms with Gasteiger partial charge in [0.15, 0.2) is 0 Å². The fourth-order valence-electron chi connectivity index (χ4n) is 5.37. The van der Waals surface area contributed by atoms with Crippen molar-refractivity contribution in [2.45, 2.75) is 110 Å². The largest absolute Gasteiger partial charge is 0.367 e. The van der Waals surface area contributed by atoms with E-state index in [0.29, 0.717) is 23.9 Å². The summed E-state index contributed by atoms with van der Waals surface area (Å²) in [5.41, 5.74) is 0.0409. The number of carbonyl (C=O) groups excluding carboxylic acids is 1. The van der Waals surface area contributed by atoms with Crippen molar-refractivity contribution in [1.82, 2.24) is 14.7 Å². The molecular weight excluding hydrogens is 367 g/mol. The van der Waals surface area contributed by atoms with E-state index in [1.54, 1.807) is 11.1 Å². The summed E-state index contributed by atoms with van der Waals surface area (Å²) in [6, 6.07) is 0.307. The minimum absolute atomic E-state index is 0.0831. The number of likely N-dealkylation sites (tertiary alicyclic amines) is 1. The van der Waals surface area contributed by atoms with Crippen molar-refractivity contribution in [3.05, 3.63) is 11.8 Å². The number of rotatable bonds is 7. The molecule has 0 aliphatic carbocycles. The quantitative estimate of drug-likeness (QED) is 0.662. The smallest absolute Gasteiger partial charge is 0.259 e. The fourth-order valence-corrected chi connectivity index (χ4v) is 5.37. The van der Waals surface area contributed by atoms with Crippen LogP contribution in [-0.2, 0) is 5.54 Å². The fraction of sp³-hybridized carbons (Fsp3) is 0.826. The molecule has 2 aliphatic heterocycles. The van der Waals surface area contributed by atoms with Crippen LogP contribution >= 0.6 is 0 Å². The molecule has 1 saturated heterocycles. The molecule has 3 atom stereocenters. The first-order chi connectivity index (χ1) is 13.7. The van der Waals surface area contributed by atoms with Crippen LogP contribution in [-0.4, -0.2) is 44.9 Å². The summed E-state index contributed by atoms with van der Waals surface area (Å²) >= 11 is 0. The van der Waals surface area contributed by atoms with Gasteiger partial charge in [0.1, 0.15) is 17.6 Å². The summed E-state index contributed by atoms with van der Waals surface area (Å²) in [5.74, 6) is 1.25. The molecule has 1 fully saturated rings. The van der Waals surface area contributed by atoms with E-state index in [1.165, 1.54) is 19.3 Å². The Morgan fingerprint density at radius 2 is 2.00 bits per heavy atom. The molecule has 0 aromatic carbocycles. The Kier molecular flexibility index (Phi) is 6.30. The summed E-state index contributed by atoms with van der Waals surface area (Å²) in [4.78, 5) is 15.4. The lowest BCUT2D eigenvalue weighted by molar-refractivity contribution is 0.0572. The summed E-state index contributed by atoms with van der Waals surface area (Å²) in [6.07, 6.45) is 7.28. The number of halogens is 1. The third-order valence-corrected chi connectivity index (χ3v) is 7.43. The summed E-state index contributed by atoms with van der Waals surface area (Å²) < 4.78 is 16.3. The predicted octanol–water partition coefficient (Wildman–Crippen LogP) is 5.37. The SMILES string of the molecule is CCCCC(C)[C@H]1CC(C)(C)n2ncc(C(=O)N3CC(F)CC3(CC)CC)c2N1. The van der Waals surface area contributed by atoms with E-state index in [4.69, 9.17) is 0 Å². The average Bonchev–Trinajstić information content (AvgIpc) is 3.27. The number of alkyl halides is 1. The van der Waals surface area contributed by atoms with Crippen LogP contribution in [0.5, 0.6) is 0 Å². The van der Waals surface area contributed by atoms with Gasteiger partial charge in [0, 0.05) is 18.0 Å². The van der Waals surface area contributed by atoms with Crippen LogP contribution in [0.2, 0.25) is 0 Å². The molecular formula is C23H39FN4O. The topological polar surface area (TPSA) is 50.2 Å². The van der Waals surface area contributed by atoms with Gasteiger partial charge in [-0.05, 0) is 45.4 Å². The third kappa shape index (κ3) is 3.91. The molecule has 3 heterocycles. The van der Waals surface area contributed by atoms with Gasteiger partial charge >= 0.3 is 0 Å². The van der Waals surface area contributed by atoms with Crippen molar-refractivity contribution in [3.8, 4) is 0 Å². The van der Waals surface area contributed by atoms with E-state index in [-0.39, 0.29) is 23.5 Å². The summed E-state index contributed by atoms with van der Waals surface area (Å²) in [5, 5.41) is 8.24. The zero-order valence-electron chi connectivity index (χ0n) is 19.1. The van der Waals surface area contributed by atoms with Crippen LogP contribution in [0.25, 0.3) is 0 Å². The highest BCUT2D eigenvalue weighted by Gasteiger charge is 2.47. The second kappa shape index (κ2) is 8.27. The lowest BCUT2D eigenvalue weighted by Crippen LogP contribution is -2.48. The van der Waals surface area contributed by atoms with Crippen LogP contribution in [0.3, 0.4) is 0 Å². The molecule has 0 spiro atoms. The number of nitrogens with zero attached hydrogens (tertiary/aromatic N) is 3. The summed E-state index contributed by atoms with van der Waals surface area (Å²) in [6.45, 7) is 13.2. The predicted molar refractivity (Wildman–Crippen MR) is 116 cm³/mol. The highest BCUT2D eigenvalue weighted by atomic mass is 19.1.